The van der Waals surface area contributed by atoms with Crippen LogP contribution in [0.3, 0.4) is 0 Å². The van der Waals surface area contributed by atoms with E-state index < -0.39 is 6.10 Å². The van der Waals surface area contributed by atoms with Crippen LogP contribution in [-0.4, -0.2) is 47.0 Å². The quantitative estimate of drug-likeness (QED) is 0.768. The van der Waals surface area contributed by atoms with Crippen LogP contribution in [0.5, 0.6) is 0 Å². The van der Waals surface area contributed by atoms with Crippen LogP contribution in [0.1, 0.15) is 40.5 Å². The zero-order chi connectivity index (χ0) is 12.9. The van der Waals surface area contributed by atoms with E-state index in [2.05, 4.69) is 12.2 Å². The number of hydrogen-bond donors (Lipinski definition) is 2. The van der Waals surface area contributed by atoms with E-state index in [1.165, 1.54) is 18.6 Å². The van der Waals surface area contributed by atoms with Gasteiger partial charge in [-0.3, -0.25) is 0 Å². The van der Waals surface area contributed by atoms with E-state index in [0.29, 0.717) is 17.9 Å². The normalized spacial score (nSPS) is 27.4. The van der Waals surface area contributed by atoms with Crippen molar-refractivity contribution in [3.63, 3.8) is 0 Å². The summed E-state index contributed by atoms with van der Waals surface area (Å²) >= 11 is 2.04. The molecule has 0 aromatic rings. The summed E-state index contributed by atoms with van der Waals surface area (Å²) in [7, 11) is 0. The summed E-state index contributed by atoms with van der Waals surface area (Å²) in [5, 5.41) is 13.1. The Bertz CT molecular complexity index is 222. The first-order chi connectivity index (χ1) is 7.81. The van der Waals surface area contributed by atoms with E-state index in [1.54, 1.807) is 0 Å². The number of ether oxygens (including phenoxy) is 1. The predicted molar refractivity (Wildman–Crippen MR) is 74.7 cm³/mol. The Labute approximate surface area is 110 Å². The lowest BCUT2D eigenvalue weighted by Crippen LogP contribution is -2.39. The zero-order valence-corrected chi connectivity index (χ0v) is 12.4. The molecule has 1 saturated heterocycles. The fourth-order valence-electron chi connectivity index (χ4n) is 1.88. The van der Waals surface area contributed by atoms with Crippen LogP contribution in [0.4, 0.5) is 0 Å². The molecule has 0 bridgehead atoms. The van der Waals surface area contributed by atoms with E-state index in [0.717, 1.165) is 6.54 Å². The first-order valence-corrected chi connectivity index (χ1v) is 7.46. The van der Waals surface area contributed by atoms with E-state index in [1.807, 2.05) is 32.5 Å². The van der Waals surface area contributed by atoms with E-state index in [-0.39, 0.29) is 5.60 Å². The summed E-state index contributed by atoms with van der Waals surface area (Å²) in [4.78, 5) is 0. The molecule has 2 N–H and O–H groups in total. The van der Waals surface area contributed by atoms with Crippen LogP contribution in [0.2, 0.25) is 0 Å². The molecule has 17 heavy (non-hydrogen) atoms. The molecule has 1 aliphatic heterocycles. The van der Waals surface area contributed by atoms with Gasteiger partial charge in [-0.25, -0.2) is 0 Å². The molecular weight excluding hydrogens is 234 g/mol. The second kappa shape index (κ2) is 6.41. The number of hydrogen-bond acceptors (Lipinski definition) is 4. The molecule has 2 unspecified atom stereocenters. The molecule has 1 heterocycles. The van der Waals surface area contributed by atoms with Crippen LogP contribution < -0.4 is 5.32 Å². The fourth-order valence-corrected chi connectivity index (χ4v) is 3.16. The van der Waals surface area contributed by atoms with E-state index >= 15 is 0 Å². The monoisotopic (exact) mass is 261 g/mol. The van der Waals surface area contributed by atoms with E-state index in [9.17, 15) is 5.11 Å². The van der Waals surface area contributed by atoms with Crippen LogP contribution in [-0.2, 0) is 4.74 Å². The largest absolute Gasteiger partial charge is 0.389 e. The van der Waals surface area contributed by atoms with Gasteiger partial charge in [0, 0.05) is 17.8 Å². The van der Waals surface area contributed by atoms with Crippen molar-refractivity contribution in [2.75, 3.05) is 25.4 Å². The Morgan fingerprint density at radius 3 is 2.71 bits per heavy atom. The minimum atomic E-state index is -0.413. The third kappa shape index (κ3) is 6.65. The second-order valence-corrected chi connectivity index (χ2v) is 7.79. The van der Waals surface area contributed by atoms with Gasteiger partial charge < -0.3 is 15.2 Å². The maximum absolute atomic E-state index is 9.78. The molecule has 0 aromatic heterocycles. The molecule has 1 aliphatic rings. The molecule has 3 nitrogen and oxygen atoms in total. The van der Waals surface area contributed by atoms with Gasteiger partial charge in [0.25, 0.3) is 0 Å². The zero-order valence-electron chi connectivity index (χ0n) is 11.6. The molecule has 1 fully saturated rings. The van der Waals surface area contributed by atoms with Gasteiger partial charge in [-0.05, 0) is 46.3 Å². The third-order valence-electron chi connectivity index (χ3n) is 2.89. The van der Waals surface area contributed by atoms with Crippen molar-refractivity contribution in [1.29, 1.82) is 0 Å². The third-order valence-corrected chi connectivity index (χ3v) is 4.43. The topological polar surface area (TPSA) is 41.5 Å². The maximum Gasteiger partial charge on any atom is 0.0897 e. The molecule has 4 heteroatoms. The Hall–Kier alpha value is 0.230. The van der Waals surface area contributed by atoms with Crippen LogP contribution >= 0.6 is 11.8 Å². The molecule has 1 rings (SSSR count). The van der Waals surface area contributed by atoms with Crippen molar-refractivity contribution >= 4 is 11.8 Å². The number of rotatable bonds is 6. The molecule has 0 spiro atoms. The molecule has 102 valence electrons. The summed E-state index contributed by atoms with van der Waals surface area (Å²) in [5.41, 5.74) is -0.172. The van der Waals surface area contributed by atoms with Gasteiger partial charge in [-0.2, -0.15) is 11.8 Å². The summed E-state index contributed by atoms with van der Waals surface area (Å²) in [6.07, 6.45) is 2.18. The minimum absolute atomic E-state index is 0.172. The number of aliphatic hydroxyl groups excluding tert-OH is 1. The minimum Gasteiger partial charge on any atom is -0.389 e. The molecule has 0 saturated carbocycles. The van der Waals surface area contributed by atoms with Gasteiger partial charge in [-0.1, -0.05) is 0 Å². The molecule has 0 aromatic carbocycles. The van der Waals surface area contributed by atoms with Gasteiger partial charge in [0.05, 0.1) is 18.3 Å². The average Bonchev–Trinajstić information content (AvgIpc) is 2.61. The summed E-state index contributed by atoms with van der Waals surface area (Å²) < 4.78 is 5.91. The van der Waals surface area contributed by atoms with Crippen molar-refractivity contribution in [3.8, 4) is 0 Å². The highest BCUT2D eigenvalue weighted by Crippen LogP contribution is 2.36. The number of nitrogens with one attached hydrogen (secondary N) is 1. The molecular formula is C13H27NO2S. The Balaban J connectivity index is 2.09. The first-order valence-electron chi connectivity index (χ1n) is 6.47. The molecule has 0 aliphatic carbocycles. The lowest BCUT2D eigenvalue weighted by Gasteiger charge is -2.25. The Kier molecular flexibility index (Phi) is 5.77. The van der Waals surface area contributed by atoms with Gasteiger partial charge in [0.15, 0.2) is 0 Å². The van der Waals surface area contributed by atoms with Crippen molar-refractivity contribution < 1.29 is 9.84 Å². The Morgan fingerprint density at radius 2 is 2.18 bits per heavy atom. The van der Waals surface area contributed by atoms with Gasteiger partial charge in [0.1, 0.15) is 0 Å². The van der Waals surface area contributed by atoms with Gasteiger partial charge in [0.2, 0.25) is 0 Å². The van der Waals surface area contributed by atoms with Crippen molar-refractivity contribution in [3.05, 3.63) is 0 Å². The van der Waals surface area contributed by atoms with Crippen molar-refractivity contribution in [2.45, 2.75) is 57.0 Å². The van der Waals surface area contributed by atoms with Crippen LogP contribution in [0.15, 0.2) is 0 Å². The molecule has 2 atom stereocenters. The highest BCUT2D eigenvalue weighted by molar-refractivity contribution is 8.00. The van der Waals surface area contributed by atoms with Crippen molar-refractivity contribution in [2.24, 2.45) is 0 Å². The number of aliphatic hydroxyl groups is 1. The van der Waals surface area contributed by atoms with Gasteiger partial charge in [-0.15, -0.1) is 0 Å². The van der Waals surface area contributed by atoms with Crippen LogP contribution in [0.25, 0.3) is 0 Å². The summed E-state index contributed by atoms with van der Waals surface area (Å²) in [5.74, 6) is 1.27. The SMILES string of the molecule is CC(C)(C)OCC(O)CNCC1(C)CCCS1. The highest BCUT2D eigenvalue weighted by Gasteiger charge is 2.28. The highest BCUT2D eigenvalue weighted by atomic mass is 32.2. The Morgan fingerprint density at radius 1 is 1.47 bits per heavy atom. The fraction of sp³-hybridized carbons (Fsp3) is 1.00. The summed E-state index contributed by atoms with van der Waals surface area (Å²) in [6, 6.07) is 0. The smallest absolute Gasteiger partial charge is 0.0897 e. The second-order valence-electron chi connectivity index (χ2n) is 6.11. The average molecular weight is 261 g/mol. The van der Waals surface area contributed by atoms with Crippen LogP contribution in [0, 0.1) is 0 Å². The summed E-state index contributed by atoms with van der Waals surface area (Å²) in [6.45, 7) is 10.3. The van der Waals surface area contributed by atoms with Crippen molar-refractivity contribution in [1.82, 2.24) is 5.32 Å². The number of thioether (sulfide) groups is 1. The standard InChI is InChI=1S/C13H27NO2S/c1-12(2,3)16-9-11(15)8-14-10-13(4)6-5-7-17-13/h11,14-15H,5-10H2,1-4H3. The first kappa shape index (κ1) is 15.3. The van der Waals surface area contributed by atoms with Gasteiger partial charge >= 0.3 is 0 Å². The predicted octanol–water partition coefficient (Wildman–Crippen LogP) is 2.04. The molecule has 0 amide bonds. The lowest BCUT2D eigenvalue weighted by atomic mass is 10.1. The lowest BCUT2D eigenvalue weighted by molar-refractivity contribution is -0.0479. The molecule has 0 radical (unpaired) electrons. The maximum atomic E-state index is 9.78. The van der Waals surface area contributed by atoms with E-state index in [4.69, 9.17) is 4.74 Å².